The van der Waals surface area contributed by atoms with Crippen LogP contribution >= 0.6 is 0 Å². The summed E-state index contributed by atoms with van der Waals surface area (Å²) in [5, 5.41) is 10.7. The van der Waals surface area contributed by atoms with Gasteiger partial charge in [0, 0.05) is 25.5 Å². The minimum Gasteiger partial charge on any atom is -0.481 e. The van der Waals surface area contributed by atoms with E-state index in [1.165, 1.54) is 0 Å². The number of furan rings is 1. The summed E-state index contributed by atoms with van der Waals surface area (Å²) >= 11 is 0. The van der Waals surface area contributed by atoms with Crippen LogP contribution in [0.3, 0.4) is 0 Å². The number of likely N-dealkylation sites (N-methyl/N-ethyl adjacent to an activating group) is 1. The van der Waals surface area contributed by atoms with Crippen molar-refractivity contribution in [3.05, 3.63) is 36.1 Å². The van der Waals surface area contributed by atoms with Crippen LogP contribution in [0, 0.1) is 11.3 Å². The van der Waals surface area contributed by atoms with Crippen LogP contribution in [0.2, 0.25) is 0 Å². The summed E-state index contributed by atoms with van der Waals surface area (Å²) in [4.78, 5) is 28.3. The van der Waals surface area contributed by atoms with E-state index < -0.39 is 11.4 Å². The fraction of sp³-hybridized carbons (Fsp3) is 0.524. The first-order valence-electron chi connectivity index (χ1n) is 9.60. The number of para-hydroxylation sites is 1. The van der Waals surface area contributed by atoms with E-state index in [1.54, 1.807) is 11.9 Å². The SMILES string of the molecule is CC(c1cc2ccccc2o1)N(C)C(=O)CN1C[C@@H]2CCC[C@@]2(C(=O)O)C1. The fourth-order valence-electron chi connectivity index (χ4n) is 4.78. The Kier molecular flexibility index (Phi) is 4.46. The molecule has 144 valence electrons. The van der Waals surface area contributed by atoms with Gasteiger partial charge in [0.15, 0.2) is 0 Å². The number of hydrogen-bond acceptors (Lipinski definition) is 4. The van der Waals surface area contributed by atoms with Gasteiger partial charge in [0.1, 0.15) is 11.3 Å². The Labute approximate surface area is 158 Å². The third-order valence-corrected chi connectivity index (χ3v) is 6.56. The summed E-state index contributed by atoms with van der Waals surface area (Å²) in [6.07, 6.45) is 2.65. The molecule has 1 aliphatic heterocycles. The fourth-order valence-corrected chi connectivity index (χ4v) is 4.78. The molecule has 3 atom stereocenters. The van der Waals surface area contributed by atoms with Crippen molar-refractivity contribution >= 4 is 22.8 Å². The van der Waals surface area contributed by atoms with Crippen molar-refractivity contribution < 1.29 is 19.1 Å². The second-order valence-electron chi connectivity index (χ2n) is 8.09. The van der Waals surface area contributed by atoms with Gasteiger partial charge in [0.05, 0.1) is 18.0 Å². The summed E-state index contributed by atoms with van der Waals surface area (Å²) in [5.74, 6) is 0.209. The van der Waals surface area contributed by atoms with Crippen molar-refractivity contribution in [3.63, 3.8) is 0 Å². The first kappa shape index (κ1) is 18.0. The van der Waals surface area contributed by atoms with Crippen molar-refractivity contribution in [2.24, 2.45) is 11.3 Å². The van der Waals surface area contributed by atoms with Gasteiger partial charge in [-0.25, -0.2) is 0 Å². The van der Waals surface area contributed by atoms with Crippen LogP contribution in [-0.2, 0) is 9.59 Å². The smallest absolute Gasteiger partial charge is 0.311 e. The molecule has 1 amide bonds. The Morgan fingerprint density at radius 2 is 2.19 bits per heavy atom. The second kappa shape index (κ2) is 6.68. The Balaban J connectivity index is 1.43. The molecule has 2 aromatic rings. The summed E-state index contributed by atoms with van der Waals surface area (Å²) in [5.41, 5.74) is 0.166. The number of carbonyl (C=O) groups is 2. The molecule has 1 N–H and O–H groups in total. The van der Waals surface area contributed by atoms with Crippen molar-refractivity contribution in [2.75, 3.05) is 26.7 Å². The van der Waals surface area contributed by atoms with Gasteiger partial charge in [-0.1, -0.05) is 24.6 Å². The van der Waals surface area contributed by atoms with Gasteiger partial charge in [0.25, 0.3) is 0 Å². The lowest BCUT2D eigenvalue weighted by Gasteiger charge is -2.27. The average Bonchev–Trinajstić information content (AvgIpc) is 3.32. The van der Waals surface area contributed by atoms with Crippen LogP contribution in [0.5, 0.6) is 0 Å². The number of nitrogens with zero attached hydrogens (tertiary/aromatic N) is 2. The first-order chi connectivity index (χ1) is 12.9. The summed E-state index contributed by atoms with van der Waals surface area (Å²) in [6.45, 7) is 3.39. The van der Waals surface area contributed by atoms with Gasteiger partial charge in [-0.2, -0.15) is 0 Å². The molecule has 2 fully saturated rings. The standard InChI is InChI=1S/C21H26N2O4/c1-14(18-10-15-6-3-4-8-17(15)27-18)22(2)19(24)12-23-11-16-7-5-9-21(16,13-23)20(25)26/h3-4,6,8,10,14,16H,5,7,9,11-13H2,1-2H3,(H,25,26)/t14?,16-,21+/m0/s1. The van der Waals surface area contributed by atoms with Gasteiger partial charge >= 0.3 is 5.97 Å². The zero-order valence-corrected chi connectivity index (χ0v) is 15.9. The molecule has 1 saturated heterocycles. The number of carboxylic acids is 1. The molecule has 2 heterocycles. The Hall–Kier alpha value is -2.34. The lowest BCUT2D eigenvalue weighted by molar-refractivity contribution is -0.149. The molecule has 1 aromatic carbocycles. The van der Waals surface area contributed by atoms with Gasteiger partial charge in [-0.05, 0) is 37.8 Å². The maximum atomic E-state index is 12.8. The van der Waals surface area contributed by atoms with Gasteiger partial charge in [-0.15, -0.1) is 0 Å². The quantitative estimate of drug-likeness (QED) is 0.875. The molecule has 0 radical (unpaired) electrons. The number of aliphatic carboxylic acids is 1. The van der Waals surface area contributed by atoms with E-state index in [2.05, 4.69) is 0 Å². The highest BCUT2D eigenvalue weighted by Crippen LogP contribution is 2.48. The Morgan fingerprint density at radius 1 is 1.41 bits per heavy atom. The topological polar surface area (TPSA) is 74.0 Å². The van der Waals surface area contributed by atoms with Gasteiger partial charge < -0.3 is 14.4 Å². The van der Waals surface area contributed by atoms with Crippen LogP contribution in [0.25, 0.3) is 11.0 Å². The lowest BCUT2D eigenvalue weighted by atomic mass is 9.81. The monoisotopic (exact) mass is 370 g/mol. The Morgan fingerprint density at radius 3 is 2.89 bits per heavy atom. The van der Waals surface area contributed by atoms with E-state index in [0.717, 1.165) is 36.0 Å². The first-order valence-corrected chi connectivity index (χ1v) is 9.60. The molecule has 6 heteroatoms. The maximum absolute atomic E-state index is 12.8. The molecule has 6 nitrogen and oxygen atoms in total. The molecule has 1 aliphatic carbocycles. The maximum Gasteiger partial charge on any atom is 0.311 e. The third-order valence-electron chi connectivity index (χ3n) is 6.56. The number of rotatable bonds is 5. The zero-order chi connectivity index (χ0) is 19.2. The van der Waals surface area contributed by atoms with Crippen LogP contribution in [-0.4, -0.2) is 53.5 Å². The largest absolute Gasteiger partial charge is 0.481 e. The van der Waals surface area contributed by atoms with Crippen molar-refractivity contribution in [1.29, 1.82) is 0 Å². The normalized spacial score (nSPS) is 26.2. The zero-order valence-electron chi connectivity index (χ0n) is 15.9. The summed E-state index contributed by atoms with van der Waals surface area (Å²) in [7, 11) is 1.78. The highest BCUT2D eigenvalue weighted by molar-refractivity contribution is 5.81. The van der Waals surface area contributed by atoms with Crippen LogP contribution in [0.15, 0.2) is 34.7 Å². The van der Waals surface area contributed by atoms with Crippen LogP contribution in [0.1, 0.15) is 38.0 Å². The highest BCUT2D eigenvalue weighted by atomic mass is 16.4. The van der Waals surface area contributed by atoms with Crippen molar-refractivity contribution in [1.82, 2.24) is 9.80 Å². The number of fused-ring (bicyclic) bond motifs is 2. The van der Waals surface area contributed by atoms with Gasteiger partial charge in [-0.3, -0.25) is 14.5 Å². The molecule has 2 aliphatic rings. The van der Waals surface area contributed by atoms with Crippen LogP contribution in [0.4, 0.5) is 0 Å². The predicted octanol–water partition coefficient (Wildman–Crippen LogP) is 3.14. The molecule has 1 saturated carbocycles. The number of amides is 1. The van der Waals surface area contributed by atoms with E-state index in [1.807, 2.05) is 42.2 Å². The van der Waals surface area contributed by atoms with Gasteiger partial charge in [0.2, 0.25) is 5.91 Å². The molecule has 1 aromatic heterocycles. The molecular weight excluding hydrogens is 344 g/mol. The minimum absolute atomic E-state index is 0.0107. The van der Waals surface area contributed by atoms with Crippen molar-refractivity contribution in [2.45, 2.75) is 32.2 Å². The van der Waals surface area contributed by atoms with E-state index in [4.69, 9.17) is 4.42 Å². The average molecular weight is 370 g/mol. The molecule has 0 spiro atoms. The van der Waals surface area contributed by atoms with Crippen LogP contribution < -0.4 is 0 Å². The number of carboxylic acid groups (broad SMARTS) is 1. The molecule has 1 unspecified atom stereocenters. The van der Waals surface area contributed by atoms with E-state index in [0.29, 0.717) is 13.1 Å². The molecule has 4 rings (SSSR count). The highest BCUT2D eigenvalue weighted by Gasteiger charge is 2.54. The lowest BCUT2D eigenvalue weighted by Crippen LogP contribution is -2.40. The van der Waals surface area contributed by atoms with Crippen molar-refractivity contribution in [3.8, 4) is 0 Å². The number of carbonyl (C=O) groups excluding carboxylic acids is 1. The molecule has 27 heavy (non-hydrogen) atoms. The third kappa shape index (κ3) is 3.02. The summed E-state index contributed by atoms with van der Waals surface area (Å²) in [6, 6.07) is 9.60. The predicted molar refractivity (Wildman–Crippen MR) is 101 cm³/mol. The second-order valence-corrected chi connectivity index (χ2v) is 8.09. The Bertz CT molecular complexity index is 843. The molecular formula is C21H26N2O4. The number of hydrogen-bond donors (Lipinski definition) is 1. The summed E-state index contributed by atoms with van der Waals surface area (Å²) < 4.78 is 5.89. The van der Waals surface area contributed by atoms with E-state index in [9.17, 15) is 14.7 Å². The van der Waals surface area contributed by atoms with E-state index >= 15 is 0 Å². The molecule has 0 bridgehead atoms. The van der Waals surface area contributed by atoms with E-state index in [-0.39, 0.29) is 24.4 Å². The minimum atomic E-state index is -0.705. The number of likely N-dealkylation sites (tertiary alicyclic amines) is 1. The number of benzene rings is 1.